The number of carbonyl (C=O) groups excluding carboxylic acids is 3. The summed E-state index contributed by atoms with van der Waals surface area (Å²) >= 11 is 0. The molecule has 10 nitrogen and oxygen atoms in total. The number of carboxylic acid groups (broad SMARTS) is 1. The maximum absolute atomic E-state index is 12.8. The summed E-state index contributed by atoms with van der Waals surface area (Å²) in [5.74, 6) is -0.833. The molecule has 1 fully saturated rings. The summed E-state index contributed by atoms with van der Waals surface area (Å²) in [5, 5.41) is 17.3. The van der Waals surface area contributed by atoms with Crippen molar-refractivity contribution >= 4 is 35.2 Å². The van der Waals surface area contributed by atoms with Crippen molar-refractivity contribution in [1.82, 2.24) is 10.2 Å². The highest BCUT2D eigenvalue weighted by atomic mass is 16.5. The summed E-state index contributed by atoms with van der Waals surface area (Å²) in [7, 11) is 1.47. The van der Waals surface area contributed by atoms with Gasteiger partial charge in [0.25, 0.3) is 0 Å². The van der Waals surface area contributed by atoms with E-state index in [1.807, 2.05) is 25.1 Å². The third kappa shape index (κ3) is 9.63. The molecule has 0 heterocycles. The molecule has 1 aliphatic carbocycles. The van der Waals surface area contributed by atoms with Gasteiger partial charge in [-0.2, -0.15) is 0 Å². The Morgan fingerprint density at radius 1 is 1.00 bits per heavy atom. The number of amides is 4. The maximum Gasteiger partial charge on any atom is 0.323 e. The lowest BCUT2D eigenvalue weighted by Crippen LogP contribution is -2.43. The fourth-order valence-corrected chi connectivity index (χ4v) is 4.70. The van der Waals surface area contributed by atoms with Crippen LogP contribution in [0.3, 0.4) is 0 Å². The minimum absolute atomic E-state index is 0.0110. The quantitative estimate of drug-likeness (QED) is 0.320. The van der Waals surface area contributed by atoms with E-state index in [2.05, 4.69) is 16.0 Å². The van der Waals surface area contributed by atoms with E-state index < -0.39 is 12.0 Å². The van der Waals surface area contributed by atoms with Crippen LogP contribution in [-0.2, 0) is 20.8 Å². The van der Waals surface area contributed by atoms with Gasteiger partial charge in [-0.1, -0.05) is 43.5 Å². The fraction of sp³-hybridized carbons (Fsp3) is 0.448. The third-order valence-electron chi connectivity index (χ3n) is 6.86. The number of anilines is 2. The number of benzene rings is 2. The topological polar surface area (TPSA) is 137 Å². The Kier molecular flexibility index (Phi) is 11.1. The molecule has 0 atom stereocenters. The zero-order valence-corrected chi connectivity index (χ0v) is 22.6. The zero-order valence-electron chi connectivity index (χ0n) is 22.6. The first kappa shape index (κ1) is 29.5. The van der Waals surface area contributed by atoms with Gasteiger partial charge in [0.2, 0.25) is 11.8 Å². The first-order valence-electron chi connectivity index (χ1n) is 13.3. The third-order valence-corrected chi connectivity index (χ3v) is 6.86. The van der Waals surface area contributed by atoms with Crippen molar-refractivity contribution in [3.8, 4) is 5.75 Å². The van der Waals surface area contributed by atoms with E-state index in [-0.39, 0.29) is 37.7 Å². The van der Waals surface area contributed by atoms with Crippen LogP contribution in [0.1, 0.15) is 49.7 Å². The molecule has 0 aromatic heterocycles. The Morgan fingerprint density at radius 3 is 2.41 bits per heavy atom. The highest BCUT2D eigenvalue weighted by Gasteiger charge is 2.22. The lowest BCUT2D eigenvalue weighted by molar-refractivity contribution is -0.139. The van der Waals surface area contributed by atoms with Crippen LogP contribution in [0.25, 0.3) is 0 Å². The van der Waals surface area contributed by atoms with Crippen molar-refractivity contribution in [3.05, 3.63) is 53.6 Å². The Balaban J connectivity index is 1.53. The molecule has 0 radical (unpaired) electrons. The van der Waals surface area contributed by atoms with Gasteiger partial charge >= 0.3 is 12.0 Å². The van der Waals surface area contributed by atoms with E-state index in [1.54, 1.807) is 29.2 Å². The summed E-state index contributed by atoms with van der Waals surface area (Å²) in [6.45, 7) is 2.35. The average molecular weight is 539 g/mol. The number of nitrogens with one attached hydrogen (secondary N) is 3. The van der Waals surface area contributed by atoms with Crippen molar-refractivity contribution in [2.75, 3.05) is 37.4 Å². The molecule has 10 heteroatoms. The van der Waals surface area contributed by atoms with Gasteiger partial charge in [0.05, 0.1) is 32.2 Å². The predicted octanol–water partition coefficient (Wildman–Crippen LogP) is 4.19. The van der Waals surface area contributed by atoms with E-state index >= 15 is 0 Å². The standard InChI is InChI=1S/C29H38N4O6/c1-20-8-6-7-11-23(20)31-29(38)32-24-13-12-22(16-25(24)39-2)17-26(34)30-18-27(35)33(15-14-28(36)37)19-21-9-4-3-5-10-21/h6-8,11-13,16,21H,3-5,9-10,14-15,17-19H2,1-2H3,(H,30,34)(H,36,37)(H2,31,32,38). The number of nitrogens with zero attached hydrogens (tertiary/aromatic N) is 1. The fourth-order valence-electron chi connectivity index (χ4n) is 4.70. The van der Waals surface area contributed by atoms with Gasteiger partial charge in [-0.05, 0) is 55.0 Å². The van der Waals surface area contributed by atoms with Gasteiger partial charge in [0.1, 0.15) is 5.75 Å². The number of carboxylic acids is 1. The number of methoxy groups -OCH3 is 1. The molecular formula is C29H38N4O6. The van der Waals surface area contributed by atoms with E-state index in [0.717, 1.165) is 31.2 Å². The number of ether oxygens (including phenoxy) is 1. The van der Waals surface area contributed by atoms with Gasteiger partial charge in [-0.3, -0.25) is 14.4 Å². The second-order valence-electron chi connectivity index (χ2n) is 9.87. The molecule has 0 saturated heterocycles. The summed E-state index contributed by atoms with van der Waals surface area (Å²) in [6.07, 6.45) is 5.38. The van der Waals surface area contributed by atoms with Crippen molar-refractivity contribution in [2.45, 2.75) is 51.9 Å². The first-order valence-corrected chi connectivity index (χ1v) is 13.3. The van der Waals surface area contributed by atoms with Crippen LogP contribution in [0.5, 0.6) is 5.75 Å². The molecular weight excluding hydrogens is 500 g/mol. The number of aliphatic carboxylic acids is 1. The molecule has 2 aromatic rings. The maximum atomic E-state index is 12.8. The van der Waals surface area contributed by atoms with E-state index in [1.165, 1.54) is 13.5 Å². The van der Waals surface area contributed by atoms with Gasteiger partial charge in [-0.15, -0.1) is 0 Å². The Labute approximate surface area is 229 Å². The Morgan fingerprint density at radius 2 is 1.72 bits per heavy atom. The van der Waals surface area contributed by atoms with Crippen molar-refractivity contribution in [2.24, 2.45) is 5.92 Å². The van der Waals surface area contributed by atoms with Crippen LogP contribution in [0.4, 0.5) is 16.2 Å². The minimum atomic E-state index is -0.958. The van der Waals surface area contributed by atoms with Crippen LogP contribution in [0, 0.1) is 12.8 Å². The second-order valence-corrected chi connectivity index (χ2v) is 9.87. The monoisotopic (exact) mass is 538 g/mol. The molecule has 1 aliphatic rings. The predicted molar refractivity (Wildman–Crippen MR) is 149 cm³/mol. The summed E-state index contributed by atoms with van der Waals surface area (Å²) < 4.78 is 5.41. The van der Waals surface area contributed by atoms with Gasteiger partial charge in [0, 0.05) is 18.8 Å². The largest absolute Gasteiger partial charge is 0.495 e. The molecule has 3 rings (SSSR count). The van der Waals surface area contributed by atoms with Crippen molar-refractivity contribution in [3.63, 3.8) is 0 Å². The molecule has 4 N–H and O–H groups in total. The average Bonchev–Trinajstić information content (AvgIpc) is 2.92. The van der Waals surface area contributed by atoms with Crippen molar-refractivity contribution < 1.29 is 29.0 Å². The Hall–Kier alpha value is -4.08. The van der Waals surface area contributed by atoms with Gasteiger partial charge in [0.15, 0.2) is 0 Å². The number of rotatable bonds is 12. The zero-order chi connectivity index (χ0) is 28.2. The molecule has 0 spiro atoms. The summed E-state index contributed by atoms with van der Waals surface area (Å²) in [5.41, 5.74) is 2.71. The Bertz CT molecular complexity index is 1160. The van der Waals surface area contributed by atoms with Crippen LogP contribution >= 0.6 is 0 Å². The van der Waals surface area contributed by atoms with Crippen LogP contribution < -0.4 is 20.7 Å². The molecule has 4 amide bonds. The number of carbonyl (C=O) groups is 4. The SMILES string of the molecule is COc1cc(CC(=O)NCC(=O)N(CCC(=O)O)CC2CCCCC2)ccc1NC(=O)Nc1ccccc1C. The normalized spacial score (nSPS) is 13.3. The first-order chi connectivity index (χ1) is 18.7. The lowest BCUT2D eigenvalue weighted by atomic mass is 9.89. The molecule has 210 valence electrons. The molecule has 0 unspecified atom stereocenters. The summed E-state index contributed by atoms with van der Waals surface area (Å²) in [6, 6.07) is 12.0. The lowest BCUT2D eigenvalue weighted by Gasteiger charge is -2.29. The minimum Gasteiger partial charge on any atom is -0.495 e. The van der Waals surface area contributed by atoms with E-state index in [9.17, 15) is 19.2 Å². The number of hydrogen-bond donors (Lipinski definition) is 4. The van der Waals surface area contributed by atoms with E-state index in [0.29, 0.717) is 35.2 Å². The number of para-hydroxylation sites is 1. The van der Waals surface area contributed by atoms with Gasteiger partial charge < -0.3 is 30.7 Å². The molecule has 39 heavy (non-hydrogen) atoms. The van der Waals surface area contributed by atoms with Crippen LogP contribution in [0.15, 0.2) is 42.5 Å². The number of aryl methyl sites for hydroxylation is 1. The highest BCUT2D eigenvalue weighted by molar-refractivity contribution is 6.01. The van der Waals surface area contributed by atoms with Gasteiger partial charge in [-0.25, -0.2) is 4.79 Å². The van der Waals surface area contributed by atoms with Crippen molar-refractivity contribution in [1.29, 1.82) is 0 Å². The molecule has 1 saturated carbocycles. The molecule has 2 aromatic carbocycles. The number of hydrogen-bond acceptors (Lipinski definition) is 5. The highest BCUT2D eigenvalue weighted by Crippen LogP contribution is 2.27. The van der Waals surface area contributed by atoms with Crippen LogP contribution in [-0.4, -0.2) is 60.6 Å². The van der Waals surface area contributed by atoms with Crippen LogP contribution in [0.2, 0.25) is 0 Å². The molecule has 0 aliphatic heterocycles. The smallest absolute Gasteiger partial charge is 0.323 e. The molecule has 0 bridgehead atoms. The number of urea groups is 1. The van der Waals surface area contributed by atoms with E-state index in [4.69, 9.17) is 9.84 Å². The summed E-state index contributed by atoms with van der Waals surface area (Å²) in [4.78, 5) is 50.5. The second kappa shape index (κ2) is 14.8.